The molecule has 2 rings (SSSR count). The number of nitrogens with two attached hydrogens (primary N) is 1. The van der Waals surface area contributed by atoms with E-state index in [-0.39, 0.29) is 10.7 Å². The van der Waals surface area contributed by atoms with Crippen LogP contribution in [0.2, 0.25) is 0 Å². The SMILES string of the molecule is Nc1c(C(=O)Nc2nnns2)cccc1C(F)(F)F. The van der Waals surface area contributed by atoms with Crippen molar-refractivity contribution in [1.29, 1.82) is 0 Å². The van der Waals surface area contributed by atoms with Gasteiger partial charge >= 0.3 is 6.18 Å². The van der Waals surface area contributed by atoms with Crippen molar-refractivity contribution in [2.45, 2.75) is 6.18 Å². The van der Waals surface area contributed by atoms with E-state index in [2.05, 4.69) is 20.1 Å². The topological polar surface area (TPSA) is 93.8 Å². The molecule has 0 atom stereocenters. The van der Waals surface area contributed by atoms with E-state index < -0.39 is 23.3 Å². The number of nitrogens with zero attached hydrogens (tertiary/aromatic N) is 3. The lowest BCUT2D eigenvalue weighted by Gasteiger charge is -2.12. The summed E-state index contributed by atoms with van der Waals surface area (Å²) in [6, 6.07) is 3.10. The Balaban J connectivity index is 2.33. The zero-order valence-corrected chi connectivity index (χ0v) is 9.92. The third-order valence-electron chi connectivity index (χ3n) is 2.18. The van der Waals surface area contributed by atoms with E-state index in [0.717, 1.165) is 23.7 Å². The Kier molecular flexibility index (Phi) is 3.34. The number of amides is 1. The second-order valence-electron chi connectivity index (χ2n) is 3.39. The summed E-state index contributed by atoms with van der Waals surface area (Å²) in [6.07, 6.45) is -4.62. The number of aromatic nitrogens is 3. The Morgan fingerprint density at radius 3 is 2.68 bits per heavy atom. The van der Waals surface area contributed by atoms with Gasteiger partial charge in [0.2, 0.25) is 5.13 Å². The van der Waals surface area contributed by atoms with Crippen LogP contribution in [-0.4, -0.2) is 20.7 Å². The predicted octanol–water partition coefficient (Wildman–Crippen LogP) is 1.79. The number of para-hydroxylation sites is 1. The van der Waals surface area contributed by atoms with Gasteiger partial charge in [0.05, 0.1) is 16.8 Å². The fourth-order valence-corrected chi connectivity index (χ4v) is 1.72. The number of anilines is 2. The zero-order valence-electron chi connectivity index (χ0n) is 9.10. The third-order valence-corrected chi connectivity index (χ3v) is 2.69. The van der Waals surface area contributed by atoms with Gasteiger partial charge in [0.15, 0.2) is 0 Å². The molecule has 2 aromatic rings. The van der Waals surface area contributed by atoms with Crippen molar-refractivity contribution in [1.82, 2.24) is 14.8 Å². The van der Waals surface area contributed by atoms with Crippen LogP contribution in [0.1, 0.15) is 15.9 Å². The number of hydrogen-bond donors (Lipinski definition) is 2. The molecular weight excluding hydrogens is 283 g/mol. The largest absolute Gasteiger partial charge is 0.418 e. The van der Waals surface area contributed by atoms with E-state index in [0.29, 0.717) is 0 Å². The minimum absolute atomic E-state index is 0.0711. The average molecular weight is 289 g/mol. The van der Waals surface area contributed by atoms with E-state index in [1.807, 2.05) is 0 Å². The quantitative estimate of drug-likeness (QED) is 0.822. The van der Waals surface area contributed by atoms with Gasteiger partial charge in [-0.2, -0.15) is 13.2 Å². The summed E-state index contributed by atoms with van der Waals surface area (Å²) in [4.78, 5) is 11.8. The molecule has 0 fully saturated rings. The van der Waals surface area contributed by atoms with Crippen molar-refractivity contribution in [3.63, 3.8) is 0 Å². The van der Waals surface area contributed by atoms with Crippen molar-refractivity contribution in [3.8, 4) is 0 Å². The number of alkyl halides is 3. The molecule has 0 aliphatic carbocycles. The summed E-state index contributed by atoms with van der Waals surface area (Å²) in [7, 11) is 0. The molecule has 0 saturated carbocycles. The summed E-state index contributed by atoms with van der Waals surface area (Å²) in [6.45, 7) is 0. The van der Waals surface area contributed by atoms with Gasteiger partial charge in [0.1, 0.15) is 0 Å². The molecule has 0 radical (unpaired) electrons. The molecule has 0 aliphatic heterocycles. The van der Waals surface area contributed by atoms with Crippen molar-refractivity contribution in [2.24, 2.45) is 0 Å². The number of nitrogen functional groups attached to an aromatic ring is 1. The van der Waals surface area contributed by atoms with Crippen molar-refractivity contribution in [3.05, 3.63) is 29.3 Å². The molecule has 0 aliphatic rings. The summed E-state index contributed by atoms with van der Waals surface area (Å²) in [5.74, 6) is -0.804. The number of carbonyl (C=O) groups is 1. The van der Waals surface area contributed by atoms with Crippen LogP contribution in [0.25, 0.3) is 0 Å². The van der Waals surface area contributed by atoms with Crippen molar-refractivity contribution < 1.29 is 18.0 Å². The predicted molar refractivity (Wildman–Crippen MR) is 61.5 cm³/mol. The Morgan fingerprint density at radius 2 is 2.11 bits per heavy atom. The maximum absolute atomic E-state index is 12.6. The monoisotopic (exact) mass is 289 g/mol. The van der Waals surface area contributed by atoms with E-state index in [4.69, 9.17) is 5.73 Å². The van der Waals surface area contributed by atoms with Crippen LogP contribution in [-0.2, 0) is 6.18 Å². The van der Waals surface area contributed by atoms with E-state index in [1.54, 1.807) is 0 Å². The lowest BCUT2D eigenvalue weighted by Crippen LogP contribution is -2.17. The highest BCUT2D eigenvalue weighted by Gasteiger charge is 2.34. The third kappa shape index (κ3) is 2.78. The molecule has 6 nitrogen and oxygen atoms in total. The Bertz CT molecular complexity index is 598. The molecule has 0 bridgehead atoms. The molecule has 1 heterocycles. The van der Waals surface area contributed by atoms with Gasteiger partial charge in [-0.25, -0.2) is 0 Å². The smallest absolute Gasteiger partial charge is 0.398 e. The normalized spacial score (nSPS) is 11.3. The number of hydrogen-bond acceptors (Lipinski definition) is 6. The standard InChI is InChI=1S/C9H6F3N5OS/c10-9(11,12)5-3-1-2-4(6(5)13)7(18)14-8-15-16-17-19-8/h1-3H,13H2,(H,14,15,17,18). The Hall–Kier alpha value is -2.23. The number of carbonyl (C=O) groups excluding carboxylic acids is 1. The first-order valence-electron chi connectivity index (χ1n) is 4.81. The maximum atomic E-state index is 12.6. The molecular formula is C9H6F3N5OS. The second kappa shape index (κ2) is 4.80. The van der Waals surface area contributed by atoms with Gasteiger partial charge in [-0.3, -0.25) is 10.1 Å². The first-order chi connectivity index (χ1) is 8.89. The number of halogens is 3. The molecule has 1 aromatic heterocycles. The van der Waals surface area contributed by atoms with Gasteiger partial charge in [-0.1, -0.05) is 15.7 Å². The lowest BCUT2D eigenvalue weighted by molar-refractivity contribution is -0.136. The highest BCUT2D eigenvalue weighted by atomic mass is 32.1. The Morgan fingerprint density at radius 1 is 1.37 bits per heavy atom. The summed E-state index contributed by atoms with van der Waals surface area (Å²) >= 11 is 0.794. The lowest BCUT2D eigenvalue weighted by atomic mass is 10.1. The number of benzene rings is 1. The van der Waals surface area contributed by atoms with E-state index in [1.165, 1.54) is 6.07 Å². The second-order valence-corrected chi connectivity index (χ2v) is 4.12. The average Bonchev–Trinajstić information content (AvgIpc) is 2.80. The van der Waals surface area contributed by atoms with Gasteiger partial charge in [0.25, 0.3) is 5.91 Å². The van der Waals surface area contributed by atoms with E-state index >= 15 is 0 Å². The minimum atomic E-state index is -4.62. The highest BCUT2D eigenvalue weighted by Crippen LogP contribution is 2.35. The molecule has 19 heavy (non-hydrogen) atoms. The molecule has 0 unspecified atom stereocenters. The zero-order chi connectivity index (χ0) is 14.0. The van der Waals surface area contributed by atoms with Gasteiger partial charge in [0, 0.05) is 11.5 Å². The number of rotatable bonds is 2. The first kappa shape index (κ1) is 13.2. The van der Waals surface area contributed by atoms with Crippen LogP contribution >= 0.6 is 11.5 Å². The van der Waals surface area contributed by atoms with Crippen LogP contribution in [0, 0.1) is 0 Å². The molecule has 0 spiro atoms. The van der Waals surface area contributed by atoms with Crippen LogP contribution in [0.4, 0.5) is 24.0 Å². The van der Waals surface area contributed by atoms with Crippen molar-refractivity contribution in [2.75, 3.05) is 11.1 Å². The summed E-state index contributed by atoms with van der Waals surface area (Å²) in [5, 5.41) is 9.01. The molecule has 1 amide bonds. The molecule has 100 valence electrons. The summed E-state index contributed by atoms with van der Waals surface area (Å²) in [5.41, 5.74) is 3.39. The highest BCUT2D eigenvalue weighted by molar-refractivity contribution is 7.09. The van der Waals surface area contributed by atoms with Crippen LogP contribution in [0.3, 0.4) is 0 Å². The maximum Gasteiger partial charge on any atom is 0.418 e. The van der Waals surface area contributed by atoms with Gasteiger partial charge in [-0.15, -0.1) is 0 Å². The molecule has 3 N–H and O–H groups in total. The molecule has 0 saturated heterocycles. The molecule has 1 aromatic carbocycles. The van der Waals surface area contributed by atoms with Crippen molar-refractivity contribution >= 4 is 28.3 Å². The first-order valence-corrected chi connectivity index (χ1v) is 5.59. The van der Waals surface area contributed by atoms with Crippen LogP contribution in [0.15, 0.2) is 18.2 Å². The fourth-order valence-electron chi connectivity index (χ4n) is 1.36. The van der Waals surface area contributed by atoms with E-state index in [9.17, 15) is 18.0 Å². The molecule has 10 heteroatoms. The number of nitrogens with one attached hydrogen (secondary N) is 1. The van der Waals surface area contributed by atoms with Gasteiger partial charge in [-0.05, 0) is 17.3 Å². The minimum Gasteiger partial charge on any atom is -0.398 e. The van der Waals surface area contributed by atoms with Gasteiger partial charge < -0.3 is 5.73 Å². The fraction of sp³-hybridized carbons (Fsp3) is 0.111. The summed E-state index contributed by atoms with van der Waals surface area (Å²) < 4.78 is 41.3. The van der Waals surface area contributed by atoms with Crippen LogP contribution in [0.5, 0.6) is 0 Å². The van der Waals surface area contributed by atoms with Crippen LogP contribution < -0.4 is 11.1 Å². The Labute approximate surface area is 108 Å².